The molecule has 2 aromatic rings. The van der Waals surface area contributed by atoms with Crippen molar-refractivity contribution in [3.8, 4) is 0 Å². The Kier molecular flexibility index (Phi) is 6.30. The van der Waals surface area contributed by atoms with Gasteiger partial charge in [0.25, 0.3) is 5.69 Å². The first-order chi connectivity index (χ1) is 12.2. The summed E-state index contributed by atoms with van der Waals surface area (Å²) in [7, 11) is -4.26. The van der Waals surface area contributed by atoms with E-state index >= 15 is 0 Å². The molecule has 0 aliphatic rings. The van der Waals surface area contributed by atoms with Gasteiger partial charge in [-0.2, -0.15) is 4.31 Å². The molecular formula is C16H16ClN3O5S. The van der Waals surface area contributed by atoms with Gasteiger partial charge < -0.3 is 5.73 Å². The minimum Gasteiger partial charge on any atom is -0.370 e. The third kappa shape index (κ3) is 4.78. The Hall–Kier alpha value is -2.49. The summed E-state index contributed by atoms with van der Waals surface area (Å²) in [5.74, 6) is -0.677. The van der Waals surface area contributed by atoms with E-state index in [0.717, 1.165) is 16.4 Å². The second kappa shape index (κ2) is 8.26. The molecule has 0 radical (unpaired) electrons. The van der Waals surface area contributed by atoms with Gasteiger partial charge in [0.2, 0.25) is 15.9 Å². The van der Waals surface area contributed by atoms with Gasteiger partial charge >= 0.3 is 0 Å². The van der Waals surface area contributed by atoms with E-state index in [4.69, 9.17) is 17.3 Å². The van der Waals surface area contributed by atoms with Crippen LogP contribution in [0, 0.1) is 10.1 Å². The number of nitrogens with zero attached hydrogens (tertiary/aromatic N) is 2. The zero-order valence-corrected chi connectivity index (χ0v) is 15.1. The van der Waals surface area contributed by atoms with Crippen LogP contribution in [0.25, 0.3) is 0 Å². The van der Waals surface area contributed by atoms with Crippen LogP contribution in [0.5, 0.6) is 0 Å². The largest absolute Gasteiger partial charge is 0.370 e. The number of nitro benzene ring substituents is 1. The molecule has 8 nitrogen and oxygen atoms in total. The first kappa shape index (κ1) is 19.8. The predicted molar refractivity (Wildman–Crippen MR) is 96.0 cm³/mol. The Morgan fingerprint density at radius 2 is 1.85 bits per heavy atom. The minimum atomic E-state index is -4.26. The highest BCUT2D eigenvalue weighted by molar-refractivity contribution is 7.89. The van der Waals surface area contributed by atoms with Gasteiger partial charge in [0.15, 0.2) is 4.90 Å². The summed E-state index contributed by atoms with van der Waals surface area (Å²) in [6.45, 7) is -0.261. The van der Waals surface area contributed by atoms with Gasteiger partial charge in [0.05, 0.1) is 4.92 Å². The molecule has 138 valence electrons. The summed E-state index contributed by atoms with van der Waals surface area (Å²) >= 11 is 5.75. The number of carbonyl (C=O) groups is 1. The van der Waals surface area contributed by atoms with Crippen molar-refractivity contribution >= 4 is 33.2 Å². The molecule has 0 heterocycles. The average Bonchev–Trinajstić information content (AvgIpc) is 2.58. The lowest BCUT2D eigenvalue weighted by atomic mass is 10.2. The van der Waals surface area contributed by atoms with E-state index in [-0.39, 0.29) is 24.5 Å². The van der Waals surface area contributed by atoms with E-state index < -0.39 is 31.4 Å². The van der Waals surface area contributed by atoms with E-state index in [1.807, 2.05) is 0 Å². The Bertz CT molecular complexity index is 919. The molecule has 1 amide bonds. The third-order valence-corrected chi connectivity index (χ3v) is 5.67. The predicted octanol–water partition coefficient (Wildman–Crippen LogP) is 2.31. The zero-order chi connectivity index (χ0) is 19.3. The molecule has 0 saturated heterocycles. The van der Waals surface area contributed by atoms with Crippen molar-refractivity contribution in [3.63, 3.8) is 0 Å². The molecule has 26 heavy (non-hydrogen) atoms. The number of amides is 1. The quantitative estimate of drug-likeness (QED) is 0.540. The number of nitrogens with two attached hydrogens (primary N) is 1. The van der Waals surface area contributed by atoms with E-state index in [2.05, 4.69) is 0 Å². The lowest BCUT2D eigenvalue weighted by molar-refractivity contribution is -0.387. The number of benzene rings is 2. The molecule has 0 bridgehead atoms. The maximum Gasteiger partial charge on any atom is 0.290 e. The lowest BCUT2D eigenvalue weighted by Crippen LogP contribution is -2.34. The fourth-order valence-electron chi connectivity index (χ4n) is 2.30. The molecule has 0 spiro atoms. The van der Waals surface area contributed by atoms with Crippen molar-refractivity contribution in [1.29, 1.82) is 0 Å². The van der Waals surface area contributed by atoms with E-state index in [9.17, 15) is 23.3 Å². The standard InChI is InChI=1S/C16H16ClN3O5S/c17-13-6-7-15(14(10-13)20(22)23)26(24,25)19(9-8-16(18)21)11-12-4-2-1-3-5-12/h1-7,10H,8-9,11H2,(H2,18,21). The van der Waals surface area contributed by atoms with Crippen LogP contribution in [0.15, 0.2) is 53.4 Å². The van der Waals surface area contributed by atoms with Crippen LogP contribution >= 0.6 is 11.6 Å². The van der Waals surface area contributed by atoms with E-state index in [1.165, 1.54) is 6.07 Å². The SMILES string of the molecule is NC(=O)CCN(Cc1ccccc1)S(=O)(=O)c1ccc(Cl)cc1[N+](=O)[O-]. The molecule has 0 aliphatic heterocycles. The number of hydrogen-bond donors (Lipinski definition) is 1. The van der Waals surface area contributed by atoms with Gasteiger partial charge in [0, 0.05) is 30.6 Å². The second-order valence-electron chi connectivity index (χ2n) is 5.41. The summed E-state index contributed by atoms with van der Waals surface area (Å²) in [5, 5.41) is 11.3. The Morgan fingerprint density at radius 3 is 2.42 bits per heavy atom. The van der Waals surface area contributed by atoms with Crippen molar-refractivity contribution in [1.82, 2.24) is 4.31 Å². The van der Waals surface area contributed by atoms with Crippen molar-refractivity contribution in [2.75, 3.05) is 6.54 Å². The Morgan fingerprint density at radius 1 is 1.19 bits per heavy atom. The van der Waals surface area contributed by atoms with Gasteiger partial charge in [-0.1, -0.05) is 41.9 Å². The number of primary amides is 1. The van der Waals surface area contributed by atoms with Crippen molar-refractivity contribution < 1.29 is 18.1 Å². The maximum absolute atomic E-state index is 13.0. The topological polar surface area (TPSA) is 124 Å². The summed E-state index contributed by atoms with van der Waals surface area (Å²) < 4.78 is 27.0. The summed E-state index contributed by atoms with van der Waals surface area (Å²) in [4.78, 5) is 21.1. The molecule has 0 aliphatic carbocycles. The van der Waals surface area contributed by atoms with Crippen LogP contribution in [0.3, 0.4) is 0 Å². The van der Waals surface area contributed by atoms with Crippen LogP contribution in [0.1, 0.15) is 12.0 Å². The van der Waals surface area contributed by atoms with Crippen molar-refractivity contribution in [2.45, 2.75) is 17.9 Å². The summed E-state index contributed by atoms with van der Waals surface area (Å²) in [6.07, 6.45) is -0.215. The number of sulfonamides is 1. The highest BCUT2D eigenvalue weighted by Gasteiger charge is 2.32. The van der Waals surface area contributed by atoms with Crippen LogP contribution in [0.4, 0.5) is 5.69 Å². The number of rotatable bonds is 8. The highest BCUT2D eigenvalue weighted by atomic mass is 35.5. The molecule has 10 heteroatoms. The van der Waals surface area contributed by atoms with Crippen molar-refractivity contribution in [3.05, 3.63) is 69.2 Å². The van der Waals surface area contributed by atoms with Crippen LogP contribution in [-0.4, -0.2) is 30.1 Å². The molecule has 0 atom stereocenters. The normalized spacial score (nSPS) is 11.5. The zero-order valence-electron chi connectivity index (χ0n) is 13.5. The van der Waals surface area contributed by atoms with Crippen molar-refractivity contribution in [2.24, 2.45) is 5.73 Å². The molecular weight excluding hydrogens is 382 g/mol. The molecule has 2 rings (SSSR count). The average molecular weight is 398 g/mol. The van der Waals surface area contributed by atoms with Crippen LogP contribution in [0.2, 0.25) is 5.02 Å². The fourth-order valence-corrected chi connectivity index (χ4v) is 4.03. The number of hydrogen-bond acceptors (Lipinski definition) is 5. The Balaban J connectivity index is 2.48. The number of carbonyl (C=O) groups excluding carboxylic acids is 1. The first-order valence-electron chi connectivity index (χ1n) is 7.48. The molecule has 2 aromatic carbocycles. The van der Waals surface area contributed by atoms with Gasteiger partial charge in [-0.15, -0.1) is 0 Å². The lowest BCUT2D eigenvalue weighted by Gasteiger charge is -2.22. The van der Waals surface area contributed by atoms with E-state index in [1.54, 1.807) is 30.3 Å². The highest BCUT2D eigenvalue weighted by Crippen LogP contribution is 2.30. The van der Waals surface area contributed by atoms with Gasteiger partial charge in [-0.25, -0.2) is 8.42 Å². The number of nitro groups is 1. The van der Waals surface area contributed by atoms with Gasteiger partial charge in [-0.3, -0.25) is 14.9 Å². The van der Waals surface area contributed by atoms with Gasteiger partial charge in [0.1, 0.15) is 0 Å². The molecule has 0 saturated carbocycles. The smallest absolute Gasteiger partial charge is 0.290 e. The minimum absolute atomic E-state index is 0.0439. The van der Waals surface area contributed by atoms with E-state index in [0.29, 0.717) is 5.56 Å². The van der Waals surface area contributed by atoms with Crippen LogP contribution in [-0.2, 0) is 21.4 Å². The third-order valence-electron chi connectivity index (χ3n) is 3.54. The summed E-state index contributed by atoms with van der Waals surface area (Å²) in [6, 6.07) is 12.0. The fraction of sp³-hybridized carbons (Fsp3) is 0.188. The number of halogens is 1. The molecule has 2 N–H and O–H groups in total. The monoisotopic (exact) mass is 397 g/mol. The van der Waals surface area contributed by atoms with Crippen LogP contribution < -0.4 is 5.73 Å². The van der Waals surface area contributed by atoms with Gasteiger partial charge in [-0.05, 0) is 17.7 Å². The first-order valence-corrected chi connectivity index (χ1v) is 9.30. The molecule has 0 unspecified atom stereocenters. The molecule has 0 aromatic heterocycles. The second-order valence-corrected chi connectivity index (χ2v) is 7.75. The summed E-state index contributed by atoms with van der Waals surface area (Å²) in [5.41, 5.74) is 5.16. The maximum atomic E-state index is 13.0. The molecule has 0 fully saturated rings. The Labute approximate surface area is 155 Å².